The van der Waals surface area contributed by atoms with Gasteiger partial charge in [-0.1, -0.05) is 12.1 Å². The average Bonchev–Trinajstić information content (AvgIpc) is 2.78. The molecule has 2 rings (SSSR count). The predicted molar refractivity (Wildman–Crippen MR) is 80.6 cm³/mol. The number of rotatable bonds is 5. The minimum absolute atomic E-state index is 0.258. The summed E-state index contributed by atoms with van der Waals surface area (Å²) in [7, 11) is 0. The summed E-state index contributed by atoms with van der Waals surface area (Å²) in [5, 5.41) is 2.53. The van der Waals surface area contributed by atoms with Crippen LogP contribution >= 0.6 is 0 Å². The maximum Gasteiger partial charge on any atom is 0.329 e. The molecule has 1 heterocycles. The summed E-state index contributed by atoms with van der Waals surface area (Å²) in [6, 6.07) is 5.25. The maximum atomic E-state index is 12.3. The van der Waals surface area contributed by atoms with Crippen LogP contribution in [0.5, 0.6) is 0 Å². The van der Waals surface area contributed by atoms with Gasteiger partial charge in [-0.15, -0.1) is 0 Å². The SMILES string of the molecule is CCNC(=O)[C@@H](C)OC(=O)[C@@H](C)N1C(=O)c2ccccc2C1=O. The van der Waals surface area contributed by atoms with Crippen LogP contribution in [-0.2, 0) is 14.3 Å². The number of esters is 1. The monoisotopic (exact) mass is 318 g/mol. The highest BCUT2D eigenvalue weighted by atomic mass is 16.5. The third kappa shape index (κ3) is 3.08. The van der Waals surface area contributed by atoms with Crippen molar-refractivity contribution >= 4 is 23.7 Å². The van der Waals surface area contributed by atoms with E-state index in [4.69, 9.17) is 4.74 Å². The zero-order chi connectivity index (χ0) is 17.1. The molecular formula is C16H18N2O5. The van der Waals surface area contributed by atoms with Gasteiger partial charge in [0.05, 0.1) is 11.1 Å². The van der Waals surface area contributed by atoms with Crippen molar-refractivity contribution in [3.05, 3.63) is 35.4 Å². The van der Waals surface area contributed by atoms with Gasteiger partial charge in [0.1, 0.15) is 6.04 Å². The number of amides is 3. The number of nitrogens with one attached hydrogen (secondary N) is 1. The zero-order valence-corrected chi connectivity index (χ0v) is 13.2. The summed E-state index contributed by atoms with van der Waals surface area (Å²) in [6.45, 7) is 4.98. The summed E-state index contributed by atoms with van der Waals surface area (Å²) in [5.74, 6) is -2.32. The van der Waals surface area contributed by atoms with Gasteiger partial charge in [0.25, 0.3) is 17.7 Å². The third-order valence-electron chi connectivity index (χ3n) is 3.57. The van der Waals surface area contributed by atoms with Gasteiger partial charge >= 0.3 is 5.97 Å². The van der Waals surface area contributed by atoms with Crippen molar-refractivity contribution in [3.63, 3.8) is 0 Å². The number of ether oxygens (including phenoxy) is 1. The van der Waals surface area contributed by atoms with Crippen molar-refractivity contribution in [1.82, 2.24) is 10.2 Å². The molecule has 0 saturated carbocycles. The van der Waals surface area contributed by atoms with Crippen LogP contribution in [0.1, 0.15) is 41.5 Å². The molecule has 0 unspecified atom stereocenters. The molecule has 23 heavy (non-hydrogen) atoms. The van der Waals surface area contributed by atoms with Crippen molar-refractivity contribution in [3.8, 4) is 0 Å². The van der Waals surface area contributed by atoms with E-state index >= 15 is 0 Å². The second kappa shape index (κ2) is 6.60. The van der Waals surface area contributed by atoms with E-state index in [-0.39, 0.29) is 11.1 Å². The lowest BCUT2D eigenvalue weighted by atomic mass is 10.1. The van der Waals surface area contributed by atoms with Crippen molar-refractivity contribution in [2.45, 2.75) is 32.9 Å². The molecule has 0 spiro atoms. The Bertz CT molecular complexity index is 635. The molecule has 1 N–H and O–H groups in total. The van der Waals surface area contributed by atoms with E-state index in [1.807, 2.05) is 0 Å². The van der Waals surface area contributed by atoms with Gasteiger partial charge in [-0.25, -0.2) is 4.79 Å². The van der Waals surface area contributed by atoms with Crippen LogP contribution in [0.25, 0.3) is 0 Å². The first kappa shape index (κ1) is 16.7. The van der Waals surface area contributed by atoms with Gasteiger partial charge in [-0.05, 0) is 32.9 Å². The van der Waals surface area contributed by atoms with Crippen LogP contribution in [0.3, 0.4) is 0 Å². The van der Waals surface area contributed by atoms with E-state index in [0.29, 0.717) is 6.54 Å². The van der Waals surface area contributed by atoms with Crippen LogP contribution in [0.15, 0.2) is 24.3 Å². The van der Waals surface area contributed by atoms with Gasteiger partial charge in [-0.3, -0.25) is 19.3 Å². The number of imide groups is 1. The Balaban J connectivity index is 2.11. The average molecular weight is 318 g/mol. The molecule has 3 amide bonds. The minimum atomic E-state index is -1.11. The molecule has 7 nitrogen and oxygen atoms in total. The maximum absolute atomic E-state index is 12.3. The summed E-state index contributed by atoms with van der Waals surface area (Å²) < 4.78 is 5.04. The lowest BCUT2D eigenvalue weighted by Crippen LogP contribution is -2.46. The Kier molecular flexibility index (Phi) is 4.78. The highest BCUT2D eigenvalue weighted by Crippen LogP contribution is 2.24. The van der Waals surface area contributed by atoms with E-state index in [0.717, 1.165) is 4.90 Å². The number of hydrogen-bond donors (Lipinski definition) is 1. The van der Waals surface area contributed by atoms with Gasteiger partial charge in [-0.2, -0.15) is 0 Å². The lowest BCUT2D eigenvalue weighted by molar-refractivity contribution is -0.158. The molecule has 2 atom stereocenters. The Hall–Kier alpha value is -2.70. The molecule has 0 saturated heterocycles. The largest absolute Gasteiger partial charge is 0.451 e. The Labute approximate surface area is 133 Å². The molecule has 1 aliphatic rings. The van der Waals surface area contributed by atoms with Gasteiger partial charge in [0, 0.05) is 6.54 Å². The first-order valence-corrected chi connectivity index (χ1v) is 7.33. The molecule has 0 fully saturated rings. The molecule has 1 aliphatic heterocycles. The van der Waals surface area contributed by atoms with E-state index in [2.05, 4.69) is 5.32 Å². The molecule has 0 radical (unpaired) electrons. The van der Waals surface area contributed by atoms with Crippen molar-refractivity contribution < 1.29 is 23.9 Å². The number of benzene rings is 1. The van der Waals surface area contributed by atoms with Crippen molar-refractivity contribution in [1.29, 1.82) is 0 Å². The molecule has 1 aromatic rings. The highest BCUT2D eigenvalue weighted by molar-refractivity contribution is 6.22. The first-order valence-electron chi connectivity index (χ1n) is 7.33. The number of fused-ring (bicyclic) bond motifs is 1. The van der Waals surface area contributed by atoms with Crippen LogP contribution in [0, 0.1) is 0 Å². The molecule has 1 aromatic carbocycles. The first-order chi connectivity index (χ1) is 10.9. The van der Waals surface area contributed by atoms with Crippen LogP contribution < -0.4 is 5.32 Å². The summed E-state index contributed by atoms with van der Waals surface area (Å²) in [6.07, 6.45) is -1.000. The fourth-order valence-corrected chi connectivity index (χ4v) is 2.31. The summed E-state index contributed by atoms with van der Waals surface area (Å²) in [4.78, 5) is 49.2. The fourth-order valence-electron chi connectivity index (χ4n) is 2.31. The smallest absolute Gasteiger partial charge is 0.329 e. The van der Waals surface area contributed by atoms with E-state index in [1.54, 1.807) is 19.1 Å². The van der Waals surface area contributed by atoms with Crippen LogP contribution in [0.2, 0.25) is 0 Å². The summed E-state index contributed by atoms with van der Waals surface area (Å²) in [5.41, 5.74) is 0.517. The topological polar surface area (TPSA) is 92.8 Å². The van der Waals surface area contributed by atoms with E-state index in [1.165, 1.54) is 26.0 Å². The van der Waals surface area contributed by atoms with Crippen molar-refractivity contribution in [2.24, 2.45) is 0 Å². The second-order valence-electron chi connectivity index (χ2n) is 5.18. The Morgan fingerprint density at radius 1 is 1.13 bits per heavy atom. The number of likely N-dealkylation sites (N-methyl/N-ethyl adjacent to an activating group) is 1. The summed E-state index contributed by atoms with van der Waals surface area (Å²) >= 11 is 0. The van der Waals surface area contributed by atoms with E-state index in [9.17, 15) is 19.2 Å². The third-order valence-corrected chi connectivity index (χ3v) is 3.57. The standard InChI is InChI=1S/C16H18N2O5/c1-4-17-13(19)10(3)23-16(22)9(2)18-14(20)11-7-5-6-8-12(11)15(18)21/h5-10H,4H2,1-3H3,(H,17,19)/t9-,10-/m1/s1. The lowest BCUT2D eigenvalue weighted by Gasteiger charge is -2.22. The van der Waals surface area contributed by atoms with Crippen LogP contribution in [0.4, 0.5) is 0 Å². The Morgan fingerprint density at radius 2 is 1.65 bits per heavy atom. The molecule has 0 bridgehead atoms. The minimum Gasteiger partial charge on any atom is -0.451 e. The number of carbonyl (C=O) groups excluding carboxylic acids is 4. The van der Waals surface area contributed by atoms with Crippen molar-refractivity contribution in [2.75, 3.05) is 6.54 Å². The molecule has 0 aromatic heterocycles. The van der Waals surface area contributed by atoms with Crippen LogP contribution in [-0.4, -0.2) is 47.3 Å². The normalized spacial score (nSPS) is 15.9. The van der Waals surface area contributed by atoms with Gasteiger partial charge in [0.15, 0.2) is 6.10 Å². The number of hydrogen-bond acceptors (Lipinski definition) is 5. The number of carbonyl (C=O) groups is 4. The highest BCUT2D eigenvalue weighted by Gasteiger charge is 2.41. The molecule has 7 heteroatoms. The zero-order valence-electron chi connectivity index (χ0n) is 13.2. The molecular weight excluding hydrogens is 300 g/mol. The number of nitrogens with zero attached hydrogens (tertiary/aromatic N) is 1. The fraction of sp³-hybridized carbons (Fsp3) is 0.375. The van der Waals surface area contributed by atoms with Gasteiger partial charge in [0.2, 0.25) is 0 Å². The predicted octanol–water partition coefficient (Wildman–Crippen LogP) is 0.739. The molecule has 0 aliphatic carbocycles. The Morgan fingerprint density at radius 3 is 2.13 bits per heavy atom. The van der Waals surface area contributed by atoms with Gasteiger partial charge < -0.3 is 10.1 Å². The second-order valence-corrected chi connectivity index (χ2v) is 5.18. The quantitative estimate of drug-likeness (QED) is 0.638. The molecule has 122 valence electrons. The van der Waals surface area contributed by atoms with E-state index < -0.39 is 35.8 Å².